The Balaban J connectivity index is 1.64. The van der Waals surface area contributed by atoms with E-state index in [0.717, 1.165) is 31.7 Å². The van der Waals surface area contributed by atoms with Crippen LogP contribution in [0.2, 0.25) is 0 Å². The average Bonchev–Trinajstić information content (AvgIpc) is 3.43. The van der Waals surface area contributed by atoms with Crippen LogP contribution < -0.4 is 16.0 Å². The first-order valence-corrected chi connectivity index (χ1v) is 8.76. The third kappa shape index (κ3) is 4.89. The summed E-state index contributed by atoms with van der Waals surface area (Å²) >= 11 is 0. The van der Waals surface area contributed by atoms with Gasteiger partial charge in [-0.1, -0.05) is 0 Å². The van der Waals surface area contributed by atoms with Gasteiger partial charge in [-0.2, -0.15) is 13.2 Å². The predicted octanol–water partition coefficient (Wildman–Crippen LogP) is 3.38. The van der Waals surface area contributed by atoms with Gasteiger partial charge in [0.15, 0.2) is 0 Å². The van der Waals surface area contributed by atoms with Crippen molar-refractivity contribution < 1.29 is 22.8 Å². The van der Waals surface area contributed by atoms with Crippen LogP contribution in [0.4, 0.5) is 24.5 Å². The number of hydrogen-bond donors (Lipinski definition) is 3. The van der Waals surface area contributed by atoms with Gasteiger partial charge in [0.1, 0.15) is 0 Å². The molecule has 2 fully saturated rings. The summed E-state index contributed by atoms with van der Waals surface area (Å²) in [6.45, 7) is 0.998. The fourth-order valence-electron chi connectivity index (χ4n) is 3.16. The highest BCUT2D eigenvalue weighted by molar-refractivity contribution is 5.89. The molecule has 0 unspecified atom stereocenters. The van der Waals surface area contributed by atoms with Crippen LogP contribution in [0.5, 0.6) is 0 Å². The smallest absolute Gasteiger partial charge is 0.376 e. The molecule has 1 aromatic rings. The summed E-state index contributed by atoms with van der Waals surface area (Å²) < 4.78 is 39.8. The number of halogens is 3. The number of rotatable bonds is 7. The molecule has 3 rings (SSSR count). The highest BCUT2D eigenvalue weighted by atomic mass is 19.4. The third-order valence-corrected chi connectivity index (χ3v) is 4.67. The minimum Gasteiger partial charge on any atom is -0.376 e. The van der Waals surface area contributed by atoms with E-state index >= 15 is 0 Å². The monoisotopic (exact) mass is 369 g/mol. The summed E-state index contributed by atoms with van der Waals surface area (Å²) in [5.41, 5.74) is -1.05. The molecule has 0 aromatic heterocycles. The zero-order chi connectivity index (χ0) is 18.9. The van der Waals surface area contributed by atoms with E-state index in [9.17, 15) is 22.8 Å². The Kier molecular flexibility index (Phi) is 5.11. The van der Waals surface area contributed by atoms with Crippen molar-refractivity contribution in [1.29, 1.82) is 0 Å². The van der Waals surface area contributed by atoms with E-state index < -0.39 is 17.6 Å². The Morgan fingerprint density at radius 2 is 1.77 bits per heavy atom. The lowest BCUT2D eigenvalue weighted by molar-refractivity contribution is -0.137. The first-order chi connectivity index (χ1) is 12.2. The van der Waals surface area contributed by atoms with Gasteiger partial charge in [0, 0.05) is 24.3 Å². The van der Waals surface area contributed by atoms with Gasteiger partial charge in [0.25, 0.3) is 0 Å². The van der Waals surface area contributed by atoms with Crippen LogP contribution in [0.25, 0.3) is 0 Å². The standard InChI is InChI=1S/C18H22F3N3O2/c1-10(25)23-13-6-7-15(14(8-13)18(19,20)21)22-9-16(26)24-17(11-2-3-11)12-4-5-12/h6-8,11-12,17,22H,2-5,9H2,1H3,(H,23,25)(H,24,26). The summed E-state index contributed by atoms with van der Waals surface area (Å²) in [6.07, 6.45) is -0.164. The number of benzene rings is 1. The van der Waals surface area contributed by atoms with Crippen LogP contribution in [0, 0.1) is 11.8 Å². The summed E-state index contributed by atoms with van der Waals surface area (Å²) in [7, 11) is 0. The van der Waals surface area contributed by atoms with E-state index in [1.54, 1.807) is 0 Å². The van der Waals surface area contributed by atoms with E-state index in [0.29, 0.717) is 11.8 Å². The Morgan fingerprint density at radius 3 is 2.27 bits per heavy atom. The molecule has 8 heteroatoms. The number of alkyl halides is 3. The lowest BCUT2D eigenvalue weighted by Crippen LogP contribution is -2.41. The number of amides is 2. The van der Waals surface area contributed by atoms with Crippen molar-refractivity contribution in [2.45, 2.75) is 44.8 Å². The van der Waals surface area contributed by atoms with Gasteiger partial charge >= 0.3 is 6.18 Å². The van der Waals surface area contributed by atoms with E-state index in [4.69, 9.17) is 0 Å². The van der Waals surface area contributed by atoms with Crippen molar-refractivity contribution in [3.05, 3.63) is 23.8 Å². The molecule has 0 spiro atoms. The number of carbonyl (C=O) groups excluding carboxylic acids is 2. The second-order valence-electron chi connectivity index (χ2n) is 7.06. The van der Waals surface area contributed by atoms with Crippen LogP contribution in [0.3, 0.4) is 0 Å². The molecule has 0 heterocycles. The second kappa shape index (κ2) is 7.17. The lowest BCUT2D eigenvalue weighted by Gasteiger charge is -2.19. The van der Waals surface area contributed by atoms with Crippen molar-refractivity contribution in [1.82, 2.24) is 5.32 Å². The zero-order valence-electron chi connectivity index (χ0n) is 14.5. The molecule has 0 radical (unpaired) electrons. The Morgan fingerprint density at radius 1 is 1.15 bits per heavy atom. The maximum Gasteiger partial charge on any atom is 0.418 e. The number of anilines is 2. The first kappa shape index (κ1) is 18.5. The Bertz CT molecular complexity index is 685. The molecule has 2 aliphatic carbocycles. The summed E-state index contributed by atoms with van der Waals surface area (Å²) in [4.78, 5) is 23.2. The number of carbonyl (C=O) groups is 2. The van der Waals surface area contributed by atoms with E-state index in [-0.39, 0.29) is 29.9 Å². The van der Waals surface area contributed by atoms with Gasteiger partial charge in [-0.25, -0.2) is 0 Å². The van der Waals surface area contributed by atoms with Crippen LogP contribution >= 0.6 is 0 Å². The van der Waals surface area contributed by atoms with Gasteiger partial charge in [0.05, 0.1) is 12.1 Å². The summed E-state index contributed by atoms with van der Waals surface area (Å²) in [6, 6.07) is 3.61. The van der Waals surface area contributed by atoms with Crippen molar-refractivity contribution in [2.24, 2.45) is 11.8 Å². The molecule has 0 atom stereocenters. The summed E-state index contributed by atoms with van der Waals surface area (Å²) in [5.74, 6) is 0.292. The molecule has 0 bridgehead atoms. The Hall–Kier alpha value is -2.25. The molecule has 142 valence electrons. The molecule has 2 aliphatic rings. The SMILES string of the molecule is CC(=O)Nc1ccc(NCC(=O)NC(C2CC2)C2CC2)c(C(F)(F)F)c1. The molecule has 1 aromatic carbocycles. The summed E-state index contributed by atoms with van der Waals surface area (Å²) in [5, 5.41) is 7.87. The second-order valence-corrected chi connectivity index (χ2v) is 7.06. The molecular weight excluding hydrogens is 347 g/mol. The number of nitrogens with one attached hydrogen (secondary N) is 3. The average molecular weight is 369 g/mol. The highest BCUT2D eigenvalue weighted by Crippen LogP contribution is 2.44. The topological polar surface area (TPSA) is 70.2 Å². The van der Waals surface area contributed by atoms with Crippen molar-refractivity contribution in [3.63, 3.8) is 0 Å². The molecule has 0 saturated heterocycles. The molecule has 2 amide bonds. The van der Waals surface area contributed by atoms with E-state index in [1.807, 2.05) is 0 Å². The fraction of sp³-hybridized carbons (Fsp3) is 0.556. The van der Waals surface area contributed by atoms with Crippen molar-refractivity contribution in [3.8, 4) is 0 Å². The number of hydrogen-bond acceptors (Lipinski definition) is 3. The Labute approximate surface area is 149 Å². The van der Waals surface area contributed by atoms with E-state index in [1.165, 1.54) is 19.1 Å². The van der Waals surface area contributed by atoms with Crippen LogP contribution in [-0.2, 0) is 15.8 Å². The van der Waals surface area contributed by atoms with Gasteiger partial charge in [0.2, 0.25) is 11.8 Å². The fourth-order valence-corrected chi connectivity index (χ4v) is 3.16. The van der Waals surface area contributed by atoms with E-state index in [2.05, 4.69) is 16.0 Å². The largest absolute Gasteiger partial charge is 0.418 e. The minimum absolute atomic E-state index is 0.0577. The van der Waals surface area contributed by atoms with Gasteiger partial charge in [-0.3, -0.25) is 9.59 Å². The predicted molar refractivity (Wildman–Crippen MR) is 91.6 cm³/mol. The highest BCUT2D eigenvalue weighted by Gasteiger charge is 2.42. The van der Waals surface area contributed by atoms with Crippen LogP contribution in [0.15, 0.2) is 18.2 Å². The van der Waals surface area contributed by atoms with Crippen LogP contribution in [-0.4, -0.2) is 24.4 Å². The van der Waals surface area contributed by atoms with Gasteiger partial charge < -0.3 is 16.0 Å². The van der Waals surface area contributed by atoms with Crippen molar-refractivity contribution in [2.75, 3.05) is 17.2 Å². The molecule has 0 aliphatic heterocycles. The minimum atomic E-state index is -4.60. The van der Waals surface area contributed by atoms with Gasteiger partial charge in [-0.15, -0.1) is 0 Å². The maximum atomic E-state index is 13.3. The molecule has 26 heavy (non-hydrogen) atoms. The first-order valence-electron chi connectivity index (χ1n) is 8.76. The normalized spacial score (nSPS) is 17.1. The van der Waals surface area contributed by atoms with Gasteiger partial charge in [-0.05, 0) is 55.7 Å². The van der Waals surface area contributed by atoms with Crippen LogP contribution in [0.1, 0.15) is 38.2 Å². The molecule has 3 N–H and O–H groups in total. The molecular formula is C18H22F3N3O2. The third-order valence-electron chi connectivity index (χ3n) is 4.67. The maximum absolute atomic E-state index is 13.3. The molecule has 2 saturated carbocycles. The lowest BCUT2D eigenvalue weighted by atomic mass is 10.1. The quantitative estimate of drug-likeness (QED) is 0.690. The zero-order valence-corrected chi connectivity index (χ0v) is 14.5. The molecule has 5 nitrogen and oxygen atoms in total. The van der Waals surface area contributed by atoms with Crippen molar-refractivity contribution >= 4 is 23.2 Å².